The molecule has 126 valence electrons. The van der Waals surface area contributed by atoms with Gasteiger partial charge in [0.15, 0.2) is 0 Å². The summed E-state index contributed by atoms with van der Waals surface area (Å²) in [5, 5.41) is 10.2. The molecule has 0 bridgehead atoms. The van der Waals surface area contributed by atoms with E-state index in [2.05, 4.69) is 0 Å². The zero-order valence-corrected chi connectivity index (χ0v) is 14.5. The van der Waals surface area contributed by atoms with Crippen molar-refractivity contribution in [2.75, 3.05) is 0 Å². The number of phenolic OH excluding ortho intramolecular Hbond substituents is 1. The second-order valence-corrected chi connectivity index (χ2v) is 7.18. The first-order valence-electron chi connectivity index (χ1n) is 8.55. The topological polar surface area (TPSA) is 55.8 Å². The lowest BCUT2D eigenvalue weighted by molar-refractivity contribution is -0.167. The molecule has 23 heavy (non-hydrogen) atoms. The summed E-state index contributed by atoms with van der Waals surface area (Å²) >= 11 is 0. The van der Waals surface area contributed by atoms with E-state index in [9.17, 15) is 9.90 Å². The summed E-state index contributed by atoms with van der Waals surface area (Å²) in [5.74, 6) is 0.828. The van der Waals surface area contributed by atoms with Gasteiger partial charge in [0.25, 0.3) is 0 Å². The lowest BCUT2D eigenvalue weighted by Crippen LogP contribution is -2.47. The van der Waals surface area contributed by atoms with E-state index in [1.54, 1.807) is 0 Å². The van der Waals surface area contributed by atoms with Crippen LogP contribution < -0.4 is 4.74 Å². The van der Waals surface area contributed by atoms with Gasteiger partial charge in [-0.1, -0.05) is 0 Å². The number of hydrogen-bond acceptors (Lipinski definition) is 4. The van der Waals surface area contributed by atoms with Crippen LogP contribution in [0.1, 0.15) is 61.3 Å². The Morgan fingerprint density at radius 1 is 1.17 bits per heavy atom. The number of carbonyl (C=O) groups is 1. The average molecular weight is 318 g/mol. The van der Waals surface area contributed by atoms with Crippen LogP contribution in [0.2, 0.25) is 0 Å². The molecule has 0 radical (unpaired) electrons. The normalized spacial score (nSPS) is 24.2. The van der Waals surface area contributed by atoms with Crippen molar-refractivity contribution in [1.82, 2.24) is 0 Å². The molecular formula is C19H26O4. The summed E-state index contributed by atoms with van der Waals surface area (Å²) in [5.41, 5.74) is 2.65. The summed E-state index contributed by atoms with van der Waals surface area (Å²) in [7, 11) is 0. The van der Waals surface area contributed by atoms with Crippen molar-refractivity contribution in [2.45, 2.75) is 77.9 Å². The molecule has 1 aromatic rings. The van der Waals surface area contributed by atoms with Crippen molar-refractivity contribution < 1.29 is 19.4 Å². The Bertz CT molecular complexity index is 644. The van der Waals surface area contributed by atoms with Gasteiger partial charge in [-0.2, -0.15) is 0 Å². The van der Waals surface area contributed by atoms with Crippen molar-refractivity contribution >= 4 is 5.97 Å². The minimum atomic E-state index is -0.934. The maximum absolute atomic E-state index is 12.6. The van der Waals surface area contributed by atoms with Crippen molar-refractivity contribution in [3.05, 3.63) is 22.3 Å². The molecule has 1 N–H and O–H groups in total. The van der Waals surface area contributed by atoms with Gasteiger partial charge in [0.1, 0.15) is 17.6 Å². The molecule has 0 amide bonds. The first-order valence-corrected chi connectivity index (χ1v) is 8.55. The number of carbonyl (C=O) groups excluding carboxylic acids is 1. The molecule has 4 heteroatoms. The molecule has 1 unspecified atom stereocenters. The minimum absolute atomic E-state index is 0.0497. The SMILES string of the molecule is Cc1c(C)c2c(c(C)c1O)CCC(C)(C(=O)OC1CCCC1)O2. The van der Waals surface area contributed by atoms with E-state index in [-0.39, 0.29) is 12.1 Å². The maximum atomic E-state index is 12.6. The predicted molar refractivity (Wildman–Crippen MR) is 88.0 cm³/mol. The fourth-order valence-corrected chi connectivity index (χ4v) is 3.67. The molecule has 2 aliphatic rings. The predicted octanol–water partition coefficient (Wildman–Crippen LogP) is 3.89. The smallest absolute Gasteiger partial charge is 0.350 e. The van der Waals surface area contributed by atoms with Gasteiger partial charge in [-0.3, -0.25) is 0 Å². The molecule has 0 saturated heterocycles. The zero-order valence-electron chi connectivity index (χ0n) is 14.5. The Labute approximate surface area is 137 Å². The third-order valence-corrected chi connectivity index (χ3v) is 5.53. The number of fused-ring (bicyclic) bond motifs is 1. The highest BCUT2D eigenvalue weighted by atomic mass is 16.6. The Hall–Kier alpha value is -1.71. The monoisotopic (exact) mass is 318 g/mol. The number of benzene rings is 1. The molecule has 1 atom stereocenters. The highest BCUT2D eigenvalue weighted by Crippen LogP contribution is 2.43. The quantitative estimate of drug-likeness (QED) is 0.841. The van der Waals surface area contributed by atoms with Crippen molar-refractivity contribution in [3.63, 3.8) is 0 Å². The highest BCUT2D eigenvalue weighted by Gasteiger charge is 2.43. The molecule has 0 spiro atoms. The summed E-state index contributed by atoms with van der Waals surface area (Å²) in [6.07, 6.45) is 5.53. The van der Waals surface area contributed by atoms with Gasteiger partial charge in [0, 0.05) is 12.0 Å². The van der Waals surface area contributed by atoms with Gasteiger partial charge in [-0.25, -0.2) is 4.79 Å². The van der Waals surface area contributed by atoms with Crippen LogP contribution in [-0.4, -0.2) is 22.8 Å². The van der Waals surface area contributed by atoms with Gasteiger partial charge >= 0.3 is 5.97 Å². The van der Waals surface area contributed by atoms with Gasteiger partial charge in [-0.15, -0.1) is 0 Å². The molecule has 1 aliphatic carbocycles. The summed E-state index contributed by atoms with van der Waals surface area (Å²) in [6, 6.07) is 0. The zero-order chi connectivity index (χ0) is 16.8. The molecule has 3 rings (SSSR count). The molecule has 0 aromatic heterocycles. The van der Waals surface area contributed by atoms with E-state index in [0.29, 0.717) is 18.6 Å². The Morgan fingerprint density at radius 3 is 2.48 bits per heavy atom. The second-order valence-electron chi connectivity index (χ2n) is 7.18. The van der Waals surface area contributed by atoms with Crippen LogP contribution in [0.3, 0.4) is 0 Å². The Kier molecular flexibility index (Phi) is 4.03. The largest absolute Gasteiger partial charge is 0.507 e. The van der Waals surface area contributed by atoms with Gasteiger partial charge in [-0.05, 0) is 76.5 Å². The minimum Gasteiger partial charge on any atom is -0.507 e. The first-order chi connectivity index (χ1) is 10.8. The number of ether oxygens (including phenoxy) is 2. The van der Waals surface area contributed by atoms with Crippen molar-refractivity contribution in [3.8, 4) is 11.5 Å². The number of esters is 1. The van der Waals surface area contributed by atoms with Crippen molar-refractivity contribution in [2.24, 2.45) is 0 Å². The van der Waals surface area contributed by atoms with Gasteiger partial charge in [0.2, 0.25) is 5.60 Å². The van der Waals surface area contributed by atoms with E-state index < -0.39 is 5.60 Å². The van der Waals surface area contributed by atoms with Gasteiger partial charge in [0.05, 0.1) is 0 Å². The number of phenols is 1. The molecule has 1 heterocycles. The van der Waals surface area contributed by atoms with Crippen LogP contribution in [0.4, 0.5) is 0 Å². The van der Waals surface area contributed by atoms with E-state index in [1.807, 2.05) is 27.7 Å². The fourth-order valence-electron chi connectivity index (χ4n) is 3.67. The molecule has 1 saturated carbocycles. The fraction of sp³-hybridized carbons (Fsp3) is 0.632. The number of rotatable bonds is 2. The Morgan fingerprint density at radius 2 is 1.83 bits per heavy atom. The molecular weight excluding hydrogens is 292 g/mol. The average Bonchev–Trinajstić information content (AvgIpc) is 3.03. The van der Waals surface area contributed by atoms with Crippen LogP contribution >= 0.6 is 0 Å². The summed E-state index contributed by atoms with van der Waals surface area (Å²) in [6.45, 7) is 7.54. The molecule has 1 aliphatic heterocycles. The van der Waals surface area contributed by atoms with Crippen LogP contribution in [-0.2, 0) is 16.0 Å². The first kappa shape index (κ1) is 16.2. The highest BCUT2D eigenvalue weighted by molar-refractivity contribution is 5.80. The Balaban J connectivity index is 1.88. The van der Waals surface area contributed by atoms with Crippen LogP contribution in [0.5, 0.6) is 11.5 Å². The third kappa shape index (κ3) is 2.68. The summed E-state index contributed by atoms with van der Waals surface area (Å²) in [4.78, 5) is 12.6. The van der Waals surface area contributed by atoms with E-state index in [4.69, 9.17) is 9.47 Å². The van der Waals surface area contributed by atoms with Gasteiger partial charge < -0.3 is 14.6 Å². The standard InChI is InChI=1S/C19H26O4/c1-11-12(2)17-15(13(3)16(11)20)9-10-19(4,23-17)18(21)22-14-7-5-6-8-14/h14,20H,5-10H2,1-4H3. The molecule has 1 aromatic carbocycles. The number of aromatic hydroxyl groups is 1. The van der Waals surface area contributed by atoms with Crippen LogP contribution in [0.25, 0.3) is 0 Å². The van der Waals surface area contributed by atoms with Crippen LogP contribution in [0.15, 0.2) is 0 Å². The molecule has 1 fully saturated rings. The van der Waals surface area contributed by atoms with E-state index in [1.165, 1.54) is 0 Å². The second kappa shape index (κ2) is 5.73. The summed E-state index contributed by atoms with van der Waals surface area (Å²) < 4.78 is 11.8. The maximum Gasteiger partial charge on any atom is 0.350 e. The third-order valence-electron chi connectivity index (χ3n) is 5.53. The van der Waals surface area contributed by atoms with Crippen LogP contribution in [0, 0.1) is 20.8 Å². The lowest BCUT2D eigenvalue weighted by atomic mass is 9.87. The van der Waals surface area contributed by atoms with Crippen molar-refractivity contribution in [1.29, 1.82) is 0 Å². The van der Waals surface area contributed by atoms with E-state index in [0.717, 1.165) is 53.7 Å². The lowest BCUT2D eigenvalue weighted by Gasteiger charge is -2.36. The number of hydrogen-bond donors (Lipinski definition) is 1. The van der Waals surface area contributed by atoms with E-state index >= 15 is 0 Å². The molecule has 4 nitrogen and oxygen atoms in total.